The van der Waals surface area contributed by atoms with Crippen LogP contribution in [0, 0.1) is 0 Å². The van der Waals surface area contributed by atoms with Crippen molar-refractivity contribution in [3.8, 4) is 0 Å². The van der Waals surface area contributed by atoms with Crippen molar-refractivity contribution in [3.63, 3.8) is 0 Å². The lowest BCUT2D eigenvalue weighted by molar-refractivity contribution is -0.0982. The van der Waals surface area contributed by atoms with Gasteiger partial charge in [-0.3, -0.25) is 0 Å². The van der Waals surface area contributed by atoms with Gasteiger partial charge in [0.1, 0.15) is 0 Å². The molecule has 1 aromatic carbocycles. The number of aryl methyl sites for hydroxylation is 2. The minimum absolute atomic E-state index is 0.762. The molecular formula is C15H23BO3. The number of hydrogen-bond acceptors (Lipinski definition) is 3. The molecule has 1 aliphatic rings. The summed E-state index contributed by atoms with van der Waals surface area (Å²) in [4.78, 5) is 0. The molecule has 0 saturated heterocycles. The third kappa shape index (κ3) is 3.02. The first-order chi connectivity index (χ1) is 8.71. The van der Waals surface area contributed by atoms with E-state index in [1.54, 1.807) is 27.7 Å². The molecule has 19 heavy (non-hydrogen) atoms. The molecule has 0 spiro atoms. The highest BCUT2D eigenvalue weighted by atomic mass is 16.5. The summed E-state index contributed by atoms with van der Waals surface area (Å²) in [5.74, 6) is 0. The maximum atomic E-state index is 10.2. The van der Waals surface area contributed by atoms with E-state index in [2.05, 4.69) is 6.07 Å². The van der Waals surface area contributed by atoms with Crippen LogP contribution in [-0.2, 0) is 17.5 Å². The summed E-state index contributed by atoms with van der Waals surface area (Å²) in [6, 6.07) is 6.00. The highest BCUT2D eigenvalue weighted by Gasteiger charge is 2.39. The molecule has 0 heterocycles. The van der Waals surface area contributed by atoms with E-state index in [0.29, 0.717) is 0 Å². The van der Waals surface area contributed by atoms with Gasteiger partial charge in [-0.1, -0.05) is 18.2 Å². The lowest BCUT2D eigenvalue weighted by atomic mass is 9.75. The molecule has 0 unspecified atom stereocenters. The minimum atomic E-state index is -1.02. The molecule has 104 valence electrons. The first kappa shape index (κ1) is 14.6. The van der Waals surface area contributed by atoms with Crippen LogP contribution in [0.4, 0.5) is 0 Å². The van der Waals surface area contributed by atoms with Crippen molar-refractivity contribution in [2.24, 2.45) is 0 Å². The molecule has 2 N–H and O–H groups in total. The molecular weight excluding hydrogens is 239 g/mol. The van der Waals surface area contributed by atoms with Crippen molar-refractivity contribution in [2.45, 2.75) is 58.2 Å². The first-order valence-electron chi connectivity index (χ1n) is 6.91. The zero-order valence-corrected chi connectivity index (χ0v) is 12.2. The second kappa shape index (κ2) is 4.93. The summed E-state index contributed by atoms with van der Waals surface area (Å²) >= 11 is 0. The Kier molecular flexibility index (Phi) is 3.78. The van der Waals surface area contributed by atoms with Gasteiger partial charge in [-0.25, -0.2) is 0 Å². The summed E-state index contributed by atoms with van der Waals surface area (Å²) in [5, 5.41) is 20.3. The molecule has 0 saturated carbocycles. The molecule has 1 aliphatic carbocycles. The Morgan fingerprint density at radius 3 is 2.37 bits per heavy atom. The SMILES string of the molecule is CC(C)(O)C(C)(C)OB(O)c1ccc2c(c1)CCC2. The number of benzene rings is 1. The fourth-order valence-electron chi connectivity index (χ4n) is 2.24. The Hall–Kier alpha value is -0.835. The summed E-state index contributed by atoms with van der Waals surface area (Å²) in [5.41, 5.74) is 1.59. The Balaban J connectivity index is 2.14. The number of aliphatic hydroxyl groups is 1. The molecule has 0 aromatic heterocycles. The maximum absolute atomic E-state index is 10.2. The molecule has 3 nitrogen and oxygen atoms in total. The summed E-state index contributed by atoms with van der Waals surface area (Å²) in [6.07, 6.45) is 3.39. The van der Waals surface area contributed by atoms with Crippen molar-refractivity contribution >= 4 is 12.6 Å². The van der Waals surface area contributed by atoms with Gasteiger partial charge in [-0.05, 0) is 63.5 Å². The number of fused-ring (bicyclic) bond motifs is 1. The molecule has 0 radical (unpaired) electrons. The van der Waals surface area contributed by atoms with Crippen LogP contribution in [0.1, 0.15) is 45.2 Å². The second-order valence-corrected chi connectivity index (χ2v) is 6.42. The van der Waals surface area contributed by atoms with Gasteiger partial charge in [-0.2, -0.15) is 0 Å². The highest BCUT2D eigenvalue weighted by Crippen LogP contribution is 2.26. The predicted molar refractivity (Wildman–Crippen MR) is 77.5 cm³/mol. The van der Waals surface area contributed by atoms with E-state index in [-0.39, 0.29) is 0 Å². The minimum Gasteiger partial charge on any atom is -0.423 e. The standard InChI is InChI=1S/C15H23BO3/c1-14(2,17)15(3,4)19-16(18)13-9-8-11-6-5-7-12(11)10-13/h8-10,17-18H,5-7H2,1-4H3. The van der Waals surface area contributed by atoms with Gasteiger partial charge in [0.25, 0.3) is 0 Å². The summed E-state index contributed by atoms with van der Waals surface area (Å²) in [6.45, 7) is 6.93. The normalized spacial score (nSPS) is 15.5. The van der Waals surface area contributed by atoms with Gasteiger partial charge >= 0.3 is 7.12 Å². The van der Waals surface area contributed by atoms with Gasteiger partial charge < -0.3 is 14.8 Å². The third-order valence-electron chi connectivity index (χ3n) is 4.29. The van der Waals surface area contributed by atoms with Crippen molar-refractivity contribution in [3.05, 3.63) is 29.3 Å². The Morgan fingerprint density at radius 1 is 1.11 bits per heavy atom. The van der Waals surface area contributed by atoms with E-state index in [9.17, 15) is 10.1 Å². The first-order valence-corrected chi connectivity index (χ1v) is 6.91. The van der Waals surface area contributed by atoms with Crippen LogP contribution >= 0.6 is 0 Å². The van der Waals surface area contributed by atoms with Gasteiger partial charge in [0.15, 0.2) is 0 Å². The van der Waals surface area contributed by atoms with Gasteiger partial charge in [0, 0.05) is 0 Å². The molecule has 0 fully saturated rings. The lowest BCUT2D eigenvalue weighted by Gasteiger charge is -2.38. The largest absolute Gasteiger partial charge is 0.491 e. The zero-order chi connectivity index (χ0) is 14.3. The van der Waals surface area contributed by atoms with Crippen molar-refractivity contribution in [1.82, 2.24) is 0 Å². The fourth-order valence-corrected chi connectivity index (χ4v) is 2.24. The van der Waals surface area contributed by atoms with E-state index in [1.807, 2.05) is 12.1 Å². The average Bonchev–Trinajstić information content (AvgIpc) is 2.73. The zero-order valence-electron chi connectivity index (χ0n) is 12.2. The molecule has 0 bridgehead atoms. The van der Waals surface area contributed by atoms with Crippen LogP contribution in [0.5, 0.6) is 0 Å². The van der Waals surface area contributed by atoms with Crippen LogP contribution in [0.2, 0.25) is 0 Å². The molecule has 2 rings (SSSR count). The molecule has 0 aliphatic heterocycles. The second-order valence-electron chi connectivity index (χ2n) is 6.42. The average molecular weight is 262 g/mol. The molecule has 4 heteroatoms. The van der Waals surface area contributed by atoms with E-state index < -0.39 is 18.3 Å². The van der Waals surface area contributed by atoms with Gasteiger partial charge in [0.05, 0.1) is 11.2 Å². The van der Waals surface area contributed by atoms with Crippen molar-refractivity contribution in [2.75, 3.05) is 0 Å². The quantitative estimate of drug-likeness (QED) is 0.807. The highest BCUT2D eigenvalue weighted by molar-refractivity contribution is 6.60. The predicted octanol–water partition coefficient (Wildman–Crippen LogP) is 1.43. The number of hydrogen-bond donors (Lipinski definition) is 2. The van der Waals surface area contributed by atoms with E-state index in [0.717, 1.165) is 18.3 Å². The van der Waals surface area contributed by atoms with Gasteiger partial charge in [-0.15, -0.1) is 0 Å². The summed E-state index contributed by atoms with van der Waals surface area (Å²) in [7, 11) is -1.01. The van der Waals surface area contributed by atoms with E-state index >= 15 is 0 Å². The topological polar surface area (TPSA) is 49.7 Å². The third-order valence-corrected chi connectivity index (χ3v) is 4.29. The number of rotatable bonds is 4. The Labute approximate surface area is 115 Å². The van der Waals surface area contributed by atoms with Gasteiger partial charge in [0.2, 0.25) is 0 Å². The van der Waals surface area contributed by atoms with Crippen molar-refractivity contribution < 1.29 is 14.8 Å². The smallest absolute Gasteiger partial charge is 0.423 e. The molecule has 0 amide bonds. The monoisotopic (exact) mass is 262 g/mol. The summed E-state index contributed by atoms with van der Waals surface area (Å²) < 4.78 is 5.65. The van der Waals surface area contributed by atoms with Crippen LogP contribution in [0.15, 0.2) is 18.2 Å². The van der Waals surface area contributed by atoms with Crippen LogP contribution in [0.25, 0.3) is 0 Å². The Bertz CT molecular complexity index is 463. The molecule has 0 atom stereocenters. The maximum Gasteiger partial charge on any atom is 0.491 e. The van der Waals surface area contributed by atoms with E-state index in [4.69, 9.17) is 4.65 Å². The van der Waals surface area contributed by atoms with Crippen LogP contribution < -0.4 is 5.46 Å². The van der Waals surface area contributed by atoms with Crippen LogP contribution in [0.3, 0.4) is 0 Å². The van der Waals surface area contributed by atoms with Crippen molar-refractivity contribution in [1.29, 1.82) is 0 Å². The Morgan fingerprint density at radius 2 is 1.74 bits per heavy atom. The van der Waals surface area contributed by atoms with E-state index in [1.165, 1.54) is 17.5 Å². The van der Waals surface area contributed by atoms with Crippen LogP contribution in [-0.4, -0.2) is 28.5 Å². The lowest BCUT2D eigenvalue weighted by Crippen LogP contribution is -2.53. The fraction of sp³-hybridized carbons (Fsp3) is 0.600. The molecule has 1 aromatic rings.